The van der Waals surface area contributed by atoms with Crippen LogP contribution in [0, 0.1) is 5.82 Å². The number of alkyl halides is 3. The molecule has 10 heteroatoms. The molecule has 0 fully saturated rings. The molecule has 21 heavy (non-hydrogen) atoms. The lowest BCUT2D eigenvalue weighted by atomic mass is 10.3. The van der Waals surface area contributed by atoms with Gasteiger partial charge in [0.25, 0.3) is 9.84 Å². The standard InChI is InChI=1S/C11H13F4NO4S/c1-19-10(20-2)6-16-8-4-3-7(12)5-9(8)21(17,18)11(13,14)15/h3-5,10,16H,6H2,1-2H3. The van der Waals surface area contributed by atoms with Gasteiger partial charge in [-0.15, -0.1) is 0 Å². The van der Waals surface area contributed by atoms with Gasteiger partial charge < -0.3 is 14.8 Å². The van der Waals surface area contributed by atoms with E-state index in [4.69, 9.17) is 9.47 Å². The van der Waals surface area contributed by atoms with Crippen LogP contribution in [0.3, 0.4) is 0 Å². The zero-order chi connectivity index (χ0) is 16.3. The molecule has 0 aromatic heterocycles. The zero-order valence-corrected chi connectivity index (χ0v) is 11.9. The van der Waals surface area contributed by atoms with Gasteiger partial charge in [0.05, 0.1) is 12.2 Å². The highest BCUT2D eigenvalue weighted by atomic mass is 32.2. The zero-order valence-electron chi connectivity index (χ0n) is 11.1. The van der Waals surface area contributed by atoms with Crippen LogP contribution in [0.15, 0.2) is 23.1 Å². The van der Waals surface area contributed by atoms with Gasteiger partial charge in [0.15, 0.2) is 6.29 Å². The van der Waals surface area contributed by atoms with Crippen LogP contribution in [0.5, 0.6) is 0 Å². The molecule has 0 saturated heterocycles. The quantitative estimate of drug-likeness (QED) is 0.639. The highest BCUT2D eigenvalue weighted by Gasteiger charge is 2.48. The van der Waals surface area contributed by atoms with Crippen LogP contribution in [0.1, 0.15) is 0 Å². The fraction of sp³-hybridized carbons (Fsp3) is 0.455. The summed E-state index contributed by atoms with van der Waals surface area (Å²) in [5.74, 6) is -1.10. The number of anilines is 1. The minimum atomic E-state index is -5.68. The molecule has 0 atom stereocenters. The monoisotopic (exact) mass is 331 g/mol. The van der Waals surface area contributed by atoms with Crippen molar-refractivity contribution in [3.05, 3.63) is 24.0 Å². The number of nitrogens with one attached hydrogen (secondary N) is 1. The number of sulfone groups is 1. The van der Waals surface area contributed by atoms with E-state index in [-0.39, 0.29) is 6.54 Å². The Kier molecular flexibility index (Phi) is 5.54. The average molecular weight is 331 g/mol. The van der Waals surface area contributed by atoms with Crippen LogP contribution in [0.25, 0.3) is 0 Å². The molecule has 1 aromatic carbocycles. The second kappa shape index (κ2) is 6.58. The number of methoxy groups -OCH3 is 2. The summed E-state index contributed by atoms with van der Waals surface area (Å²) in [6.45, 7) is -0.126. The van der Waals surface area contributed by atoms with Gasteiger partial charge >= 0.3 is 5.51 Å². The third-order valence-electron chi connectivity index (χ3n) is 2.52. The van der Waals surface area contributed by atoms with Crippen molar-refractivity contribution in [1.82, 2.24) is 0 Å². The summed E-state index contributed by atoms with van der Waals surface area (Å²) in [6.07, 6.45) is -0.809. The molecule has 1 aromatic rings. The number of benzene rings is 1. The van der Waals surface area contributed by atoms with Crippen molar-refractivity contribution in [3.63, 3.8) is 0 Å². The fourth-order valence-electron chi connectivity index (χ4n) is 1.45. The Balaban J connectivity index is 3.18. The van der Waals surface area contributed by atoms with Crippen molar-refractivity contribution in [2.24, 2.45) is 0 Å². The molecule has 120 valence electrons. The smallest absolute Gasteiger partial charge is 0.379 e. The summed E-state index contributed by atoms with van der Waals surface area (Å²) < 4.78 is 83.3. The van der Waals surface area contributed by atoms with E-state index in [1.54, 1.807) is 0 Å². The number of ether oxygens (including phenoxy) is 2. The first kappa shape index (κ1) is 17.7. The lowest BCUT2D eigenvalue weighted by Gasteiger charge is -2.17. The maximum absolute atomic E-state index is 13.1. The van der Waals surface area contributed by atoms with Crippen LogP contribution < -0.4 is 5.32 Å². The lowest BCUT2D eigenvalue weighted by Crippen LogP contribution is -2.27. The molecule has 0 aliphatic carbocycles. The molecule has 0 saturated carbocycles. The minimum Gasteiger partial charge on any atom is -0.379 e. The number of hydrogen-bond donors (Lipinski definition) is 1. The molecule has 0 amide bonds. The van der Waals surface area contributed by atoms with E-state index in [0.717, 1.165) is 12.1 Å². The normalized spacial score (nSPS) is 12.7. The highest BCUT2D eigenvalue weighted by Crippen LogP contribution is 2.34. The molecule has 0 aliphatic rings. The van der Waals surface area contributed by atoms with Crippen LogP contribution in [-0.4, -0.2) is 41.0 Å². The van der Waals surface area contributed by atoms with Gasteiger partial charge in [-0.25, -0.2) is 12.8 Å². The van der Waals surface area contributed by atoms with Crippen molar-refractivity contribution in [2.45, 2.75) is 16.7 Å². The summed E-state index contributed by atoms with van der Waals surface area (Å²) in [5, 5.41) is 2.42. The fourth-order valence-corrected chi connectivity index (χ4v) is 2.39. The van der Waals surface area contributed by atoms with Gasteiger partial charge in [-0.3, -0.25) is 0 Å². The molecular weight excluding hydrogens is 318 g/mol. The van der Waals surface area contributed by atoms with Crippen LogP contribution in [0.2, 0.25) is 0 Å². The maximum atomic E-state index is 13.1. The van der Waals surface area contributed by atoms with Gasteiger partial charge in [0.1, 0.15) is 10.7 Å². The summed E-state index contributed by atoms with van der Waals surface area (Å²) in [6, 6.07) is 2.04. The van der Waals surface area contributed by atoms with Gasteiger partial charge in [-0.05, 0) is 18.2 Å². The van der Waals surface area contributed by atoms with E-state index >= 15 is 0 Å². The Hall–Kier alpha value is -1.39. The molecule has 1 rings (SSSR count). The van der Waals surface area contributed by atoms with Gasteiger partial charge in [0, 0.05) is 14.2 Å². The predicted octanol–water partition coefficient (Wildman–Crippen LogP) is 2.15. The molecule has 0 radical (unpaired) electrons. The first-order valence-electron chi connectivity index (χ1n) is 5.54. The average Bonchev–Trinajstić information content (AvgIpc) is 2.39. The van der Waals surface area contributed by atoms with Crippen molar-refractivity contribution >= 4 is 15.5 Å². The first-order valence-corrected chi connectivity index (χ1v) is 7.02. The highest BCUT2D eigenvalue weighted by molar-refractivity contribution is 7.92. The van der Waals surface area contributed by atoms with Gasteiger partial charge in [-0.2, -0.15) is 13.2 Å². The SMILES string of the molecule is COC(CNc1ccc(F)cc1S(=O)(=O)C(F)(F)F)OC. The molecule has 5 nitrogen and oxygen atoms in total. The second-order valence-electron chi connectivity index (χ2n) is 3.87. The van der Waals surface area contributed by atoms with Gasteiger partial charge in [0.2, 0.25) is 0 Å². The van der Waals surface area contributed by atoms with Crippen molar-refractivity contribution in [1.29, 1.82) is 0 Å². The lowest BCUT2D eigenvalue weighted by molar-refractivity contribution is -0.0914. The van der Waals surface area contributed by atoms with E-state index < -0.39 is 38.0 Å². The topological polar surface area (TPSA) is 64.6 Å². The van der Waals surface area contributed by atoms with Crippen molar-refractivity contribution < 1.29 is 35.5 Å². The van der Waals surface area contributed by atoms with E-state index in [1.807, 2.05) is 0 Å². The van der Waals surface area contributed by atoms with Crippen molar-refractivity contribution in [3.8, 4) is 0 Å². The predicted molar refractivity (Wildman–Crippen MR) is 65.9 cm³/mol. The number of rotatable bonds is 6. The number of halogens is 4. The minimum absolute atomic E-state index is 0.126. The van der Waals surface area contributed by atoms with E-state index in [2.05, 4.69) is 5.32 Å². The molecule has 0 spiro atoms. The third-order valence-corrected chi connectivity index (χ3v) is 4.05. The second-order valence-corrected chi connectivity index (χ2v) is 5.78. The maximum Gasteiger partial charge on any atom is 0.501 e. The third kappa shape index (κ3) is 4.05. The Morgan fingerprint density at radius 2 is 1.81 bits per heavy atom. The Bertz CT molecular complexity index is 584. The van der Waals surface area contributed by atoms with Crippen LogP contribution >= 0.6 is 0 Å². The summed E-state index contributed by atoms with van der Waals surface area (Å²) in [4.78, 5) is -1.19. The van der Waals surface area contributed by atoms with Gasteiger partial charge in [-0.1, -0.05) is 0 Å². The Morgan fingerprint density at radius 3 is 2.29 bits per heavy atom. The molecule has 0 aliphatic heterocycles. The van der Waals surface area contributed by atoms with E-state index in [0.29, 0.717) is 6.07 Å². The summed E-state index contributed by atoms with van der Waals surface area (Å²) in [5.41, 5.74) is -5.92. The van der Waals surface area contributed by atoms with Crippen LogP contribution in [-0.2, 0) is 19.3 Å². The molecule has 1 N–H and O–H groups in total. The Morgan fingerprint density at radius 1 is 1.24 bits per heavy atom. The first-order chi connectivity index (χ1) is 9.63. The Labute approximate surface area is 118 Å². The molecule has 0 bridgehead atoms. The van der Waals surface area contributed by atoms with E-state index in [9.17, 15) is 26.0 Å². The molecular formula is C11H13F4NO4S. The van der Waals surface area contributed by atoms with Crippen molar-refractivity contribution in [2.75, 3.05) is 26.1 Å². The van der Waals surface area contributed by atoms with E-state index in [1.165, 1.54) is 14.2 Å². The largest absolute Gasteiger partial charge is 0.501 e. The number of hydrogen-bond acceptors (Lipinski definition) is 5. The summed E-state index contributed by atoms with van der Waals surface area (Å²) >= 11 is 0. The summed E-state index contributed by atoms with van der Waals surface area (Å²) in [7, 11) is -3.08. The molecule has 0 heterocycles. The molecule has 0 unspecified atom stereocenters. The van der Waals surface area contributed by atoms with Crippen LogP contribution in [0.4, 0.5) is 23.2 Å².